The van der Waals surface area contributed by atoms with Crippen LogP contribution >= 0.6 is 12.2 Å². The monoisotopic (exact) mass is 272 g/mol. The van der Waals surface area contributed by atoms with Gasteiger partial charge in [-0.3, -0.25) is 0 Å². The molecule has 0 heterocycles. The van der Waals surface area contributed by atoms with E-state index >= 15 is 0 Å². The molecule has 0 aromatic rings. The third-order valence-electron chi connectivity index (χ3n) is 3.37. The fraction of sp³-hybridized carbons (Fsp3) is 0.929. The molecule has 18 heavy (non-hydrogen) atoms. The maximum absolute atomic E-state index is 5.55. The van der Waals surface area contributed by atoms with Crippen LogP contribution in [0.3, 0.4) is 0 Å². The maximum atomic E-state index is 5.55. The van der Waals surface area contributed by atoms with Crippen LogP contribution in [0.15, 0.2) is 0 Å². The Labute approximate surface area is 117 Å². The Morgan fingerprint density at radius 1 is 1.33 bits per heavy atom. The van der Waals surface area contributed by atoms with Crippen molar-refractivity contribution >= 4 is 17.3 Å². The van der Waals surface area contributed by atoms with Crippen LogP contribution in [-0.2, 0) is 4.74 Å². The molecule has 1 fully saturated rings. The molecule has 1 N–H and O–H groups in total. The van der Waals surface area contributed by atoms with Crippen molar-refractivity contribution in [3.8, 4) is 0 Å². The fourth-order valence-electron chi connectivity index (χ4n) is 2.43. The first kappa shape index (κ1) is 15.7. The molecule has 0 spiro atoms. The Balaban J connectivity index is 2.40. The molecule has 0 atom stereocenters. The standard InChI is InChI=1S/C14H28N2OS/c1-12(2)11-16(9-10-17-3)14(18)15-13-7-5-4-6-8-13/h12-13H,4-11H2,1-3H3,(H,15,18). The smallest absolute Gasteiger partial charge is 0.169 e. The van der Waals surface area contributed by atoms with Gasteiger partial charge in [-0.05, 0) is 31.0 Å². The summed E-state index contributed by atoms with van der Waals surface area (Å²) in [7, 11) is 1.74. The van der Waals surface area contributed by atoms with Crippen molar-refractivity contribution < 1.29 is 4.74 Å². The van der Waals surface area contributed by atoms with Crippen LogP contribution in [0.1, 0.15) is 46.0 Å². The van der Waals surface area contributed by atoms with Gasteiger partial charge in [0.05, 0.1) is 6.61 Å². The van der Waals surface area contributed by atoms with Gasteiger partial charge in [0.15, 0.2) is 5.11 Å². The molecule has 0 aromatic carbocycles. The van der Waals surface area contributed by atoms with Crippen molar-refractivity contribution in [3.05, 3.63) is 0 Å². The van der Waals surface area contributed by atoms with Crippen LogP contribution in [0.2, 0.25) is 0 Å². The molecule has 1 aliphatic carbocycles. The van der Waals surface area contributed by atoms with Crippen molar-refractivity contribution in [2.24, 2.45) is 5.92 Å². The quantitative estimate of drug-likeness (QED) is 0.752. The second-order valence-corrected chi connectivity index (χ2v) is 6.00. The molecule has 1 saturated carbocycles. The Hall–Kier alpha value is -0.350. The lowest BCUT2D eigenvalue weighted by Gasteiger charge is -2.31. The van der Waals surface area contributed by atoms with Gasteiger partial charge < -0.3 is 15.0 Å². The van der Waals surface area contributed by atoms with Gasteiger partial charge in [0.2, 0.25) is 0 Å². The van der Waals surface area contributed by atoms with Gasteiger partial charge in [0.1, 0.15) is 0 Å². The van der Waals surface area contributed by atoms with E-state index in [9.17, 15) is 0 Å². The molecule has 3 nitrogen and oxygen atoms in total. The molecule has 1 rings (SSSR count). The highest BCUT2D eigenvalue weighted by molar-refractivity contribution is 7.80. The molecular weight excluding hydrogens is 244 g/mol. The lowest BCUT2D eigenvalue weighted by atomic mass is 9.96. The first-order valence-electron chi connectivity index (χ1n) is 7.18. The zero-order valence-corrected chi connectivity index (χ0v) is 12.9. The second kappa shape index (κ2) is 8.70. The van der Waals surface area contributed by atoms with Crippen molar-refractivity contribution in [3.63, 3.8) is 0 Å². The molecule has 4 heteroatoms. The fourth-order valence-corrected chi connectivity index (χ4v) is 2.76. The van der Waals surface area contributed by atoms with E-state index in [4.69, 9.17) is 17.0 Å². The summed E-state index contributed by atoms with van der Waals surface area (Å²) in [6.07, 6.45) is 6.58. The van der Waals surface area contributed by atoms with E-state index in [1.807, 2.05) is 0 Å². The summed E-state index contributed by atoms with van der Waals surface area (Å²) < 4.78 is 5.16. The van der Waals surface area contributed by atoms with Gasteiger partial charge >= 0.3 is 0 Å². The molecular formula is C14H28N2OS. The highest BCUT2D eigenvalue weighted by atomic mass is 32.1. The molecule has 0 saturated heterocycles. The number of ether oxygens (including phenoxy) is 1. The number of rotatable bonds is 6. The maximum Gasteiger partial charge on any atom is 0.169 e. The number of hydrogen-bond acceptors (Lipinski definition) is 2. The third-order valence-corrected chi connectivity index (χ3v) is 3.75. The Kier molecular flexibility index (Phi) is 7.59. The van der Waals surface area contributed by atoms with Crippen molar-refractivity contribution in [2.75, 3.05) is 26.8 Å². The summed E-state index contributed by atoms with van der Waals surface area (Å²) in [6.45, 7) is 7.07. The molecule has 0 unspecified atom stereocenters. The van der Waals surface area contributed by atoms with Crippen LogP contribution in [0.5, 0.6) is 0 Å². The van der Waals surface area contributed by atoms with E-state index in [1.165, 1.54) is 32.1 Å². The summed E-state index contributed by atoms with van der Waals surface area (Å²) in [5.74, 6) is 0.618. The number of thiocarbonyl (C=S) groups is 1. The van der Waals surface area contributed by atoms with Gasteiger partial charge in [0.25, 0.3) is 0 Å². The van der Waals surface area contributed by atoms with Crippen molar-refractivity contribution in [1.29, 1.82) is 0 Å². The summed E-state index contributed by atoms with van der Waals surface area (Å²) >= 11 is 5.55. The van der Waals surface area contributed by atoms with Crippen LogP contribution in [0.25, 0.3) is 0 Å². The zero-order valence-electron chi connectivity index (χ0n) is 12.1. The average molecular weight is 272 g/mol. The van der Waals surface area contributed by atoms with E-state index in [0.717, 1.165) is 24.8 Å². The molecule has 1 aliphatic rings. The Morgan fingerprint density at radius 2 is 2.00 bits per heavy atom. The predicted molar refractivity (Wildman–Crippen MR) is 80.9 cm³/mol. The van der Waals surface area contributed by atoms with Gasteiger partial charge in [-0.1, -0.05) is 33.1 Å². The topological polar surface area (TPSA) is 24.5 Å². The van der Waals surface area contributed by atoms with Crippen LogP contribution < -0.4 is 5.32 Å². The molecule has 0 radical (unpaired) electrons. The second-order valence-electron chi connectivity index (χ2n) is 5.62. The van der Waals surface area contributed by atoms with Crippen molar-refractivity contribution in [2.45, 2.75) is 52.0 Å². The minimum atomic E-state index is 0.587. The lowest BCUT2D eigenvalue weighted by Crippen LogP contribution is -2.47. The number of nitrogens with zero attached hydrogens (tertiary/aromatic N) is 1. The summed E-state index contributed by atoms with van der Waals surface area (Å²) in [5, 5.41) is 4.44. The van der Waals surface area contributed by atoms with E-state index in [0.29, 0.717) is 12.0 Å². The first-order chi connectivity index (χ1) is 8.63. The molecule has 0 bridgehead atoms. The minimum absolute atomic E-state index is 0.587. The van der Waals surface area contributed by atoms with Gasteiger partial charge in [-0.2, -0.15) is 0 Å². The predicted octanol–water partition coefficient (Wildman–Crippen LogP) is 2.80. The normalized spacial score (nSPS) is 16.9. The van der Waals surface area contributed by atoms with Crippen LogP contribution in [0, 0.1) is 5.92 Å². The highest BCUT2D eigenvalue weighted by Gasteiger charge is 2.17. The minimum Gasteiger partial charge on any atom is -0.383 e. The van der Waals surface area contributed by atoms with E-state index in [-0.39, 0.29) is 0 Å². The zero-order chi connectivity index (χ0) is 13.4. The average Bonchev–Trinajstić information content (AvgIpc) is 2.35. The number of hydrogen-bond donors (Lipinski definition) is 1. The molecule has 0 amide bonds. The van der Waals surface area contributed by atoms with Gasteiger partial charge in [-0.25, -0.2) is 0 Å². The lowest BCUT2D eigenvalue weighted by molar-refractivity contribution is 0.171. The van der Waals surface area contributed by atoms with E-state index in [2.05, 4.69) is 24.1 Å². The first-order valence-corrected chi connectivity index (χ1v) is 7.58. The summed E-state index contributed by atoms with van der Waals surface area (Å²) in [6, 6.07) is 0.587. The molecule has 0 aromatic heterocycles. The molecule has 0 aliphatic heterocycles. The van der Waals surface area contributed by atoms with Crippen LogP contribution in [-0.4, -0.2) is 42.9 Å². The Morgan fingerprint density at radius 3 is 2.56 bits per heavy atom. The summed E-state index contributed by atoms with van der Waals surface area (Å²) in [5.41, 5.74) is 0. The number of nitrogens with one attached hydrogen (secondary N) is 1. The van der Waals surface area contributed by atoms with Gasteiger partial charge in [0, 0.05) is 26.2 Å². The van der Waals surface area contributed by atoms with Gasteiger partial charge in [-0.15, -0.1) is 0 Å². The number of methoxy groups -OCH3 is 1. The SMILES string of the molecule is COCCN(CC(C)C)C(=S)NC1CCCCC1. The molecule has 106 valence electrons. The van der Waals surface area contributed by atoms with E-state index < -0.39 is 0 Å². The van der Waals surface area contributed by atoms with Crippen molar-refractivity contribution in [1.82, 2.24) is 10.2 Å². The third kappa shape index (κ3) is 6.01. The highest BCUT2D eigenvalue weighted by Crippen LogP contribution is 2.17. The largest absolute Gasteiger partial charge is 0.383 e. The van der Waals surface area contributed by atoms with Crippen LogP contribution in [0.4, 0.5) is 0 Å². The van der Waals surface area contributed by atoms with E-state index in [1.54, 1.807) is 7.11 Å². The summed E-state index contributed by atoms with van der Waals surface area (Å²) in [4.78, 5) is 2.25. The Bertz CT molecular complexity index is 240.